The van der Waals surface area contributed by atoms with E-state index in [0.717, 1.165) is 0 Å². The highest BCUT2D eigenvalue weighted by Crippen LogP contribution is 2.43. The van der Waals surface area contributed by atoms with Gasteiger partial charge in [-0.1, -0.05) is 31.7 Å². The average Bonchev–Trinajstić information content (AvgIpc) is 2.21. The van der Waals surface area contributed by atoms with Gasteiger partial charge < -0.3 is 9.42 Å². The van der Waals surface area contributed by atoms with Gasteiger partial charge in [0.15, 0.2) is 11.6 Å². The Morgan fingerprint density at radius 3 is 2.87 bits per heavy atom. The van der Waals surface area contributed by atoms with Crippen molar-refractivity contribution in [2.45, 2.75) is 6.92 Å². The zero-order valence-corrected chi connectivity index (χ0v) is 9.21. The molecule has 0 aromatic heterocycles. The van der Waals surface area contributed by atoms with Crippen molar-refractivity contribution in [3.63, 3.8) is 0 Å². The van der Waals surface area contributed by atoms with E-state index >= 15 is 0 Å². The van der Waals surface area contributed by atoms with Crippen LogP contribution in [0.2, 0.25) is 0 Å². The van der Waals surface area contributed by atoms with Crippen LogP contribution in [0, 0.1) is 5.82 Å². The van der Waals surface area contributed by atoms with Gasteiger partial charge >= 0.3 is 7.60 Å². The van der Waals surface area contributed by atoms with Crippen LogP contribution in [0.1, 0.15) is 12.5 Å². The van der Waals surface area contributed by atoms with Crippen molar-refractivity contribution < 1.29 is 18.4 Å². The van der Waals surface area contributed by atoms with Gasteiger partial charge in [-0.2, -0.15) is 0 Å². The Hall–Kier alpha value is -1.12. The van der Waals surface area contributed by atoms with Gasteiger partial charge in [0.25, 0.3) is 0 Å². The normalized spacial score (nSPS) is 14.3. The average molecular weight is 230 g/mol. The van der Waals surface area contributed by atoms with Gasteiger partial charge in [-0.3, -0.25) is 0 Å². The Labute approximate surface area is 87.7 Å². The highest BCUT2D eigenvalue weighted by atomic mass is 31.2. The summed E-state index contributed by atoms with van der Waals surface area (Å²) in [4.78, 5) is 9.21. The first kappa shape index (κ1) is 12.0. The van der Waals surface area contributed by atoms with Gasteiger partial charge in [-0.25, -0.2) is 8.96 Å². The van der Waals surface area contributed by atoms with Crippen LogP contribution >= 0.6 is 7.60 Å². The third-order valence-corrected chi connectivity index (χ3v) is 3.13. The molecule has 3 nitrogen and oxygen atoms in total. The predicted octanol–water partition coefficient (Wildman–Crippen LogP) is 3.05. The molecule has 0 spiro atoms. The number of hydrogen-bond acceptors (Lipinski definition) is 2. The highest BCUT2D eigenvalue weighted by Gasteiger charge is 2.20. The maximum absolute atomic E-state index is 13.5. The summed E-state index contributed by atoms with van der Waals surface area (Å²) in [6.45, 7) is 4.92. The minimum atomic E-state index is -3.73. The molecule has 0 aliphatic carbocycles. The molecule has 15 heavy (non-hydrogen) atoms. The monoisotopic (exact) mass is 230 g/mol. The van der Waals surface area contributed by atoms with Crippen molar-refractivity contribution >= 4 is 13.7 Å². The smallest absolute Gasteiger partial charge is 0.376 e. The summed E-state index contributed by atoms with van der Waals surface area (Å²) in [5, 5.41) is 0. The van der Waals surface area contributed by atoms with Crippen LogP contribution in [0.5, 0.6) is 5.75 Å². The van der Waals surface area contributed by atoms with Crippen LogP contribution < -0.4 is 4.52 Å². The SMILES string of the molecule is C=Cc1cccc(OP(=O)(O)CC)c1F. The standard InChI is InChI=1S/C10H12FO3P/c1-3-8-6-5-7-9(10(8)11)14-15(12,13)4-2/h3,5-7H,1,4H2,2H3,(H,12,13). The first-order chi connectivity index (χ1) is 7.00. The summed E-state index contributed by atoms with van der Waals surface area (Å²) in [7, 11) is -3.73. The minimum Gasteiger partial charge on any atom is -0.421 e. The molecule has 1 aromatic rings. The fourth-order valence-corrected chi connectivity index (χ4v) is 1.55. The van der Waals surface area contributed by atoms with Crippen molar-refractivity contribution in [3.05, 3.63) is 36.2 Å². The first-order valence-electron chi connectivity index (χ1n) is 4.42. The molecular formula is C10H12FO3P. The Morgan fingerprint density at radius 2 is 2.33 bits per heavy atom. The number of hydrogen-bond donors (Lipinski definition) is 1. The molecule has 0 aliphatic heterocycles. The van der Waals surface area contributed by atoms with Crippen molar-refractivity contribution in [2.24, 2.45) is 0 Å². The van der Waals surface area contributed by atoms with E-state index in [1.807, 2.05) is 0 Å². The van der Waals surface area contributed by atoms with Crippen molar-refractivity contribution in [1.29, 1.82) is 0 Å². The lowest BCUT2D eigenvalue weighted by molar-refractivity contribution is 0.371. The Morgan fingerprint density at radius 1 is 1.67 bits per heavy atom. The largest absolute Gasteiger partial charge is 0.421 e. The van der Waals surface area contributed by atoms with Gasteiger partial charge in [0.2, 0.25) is 0 Å². The van der Waals surface area contributed by atoms with Gasteiger partial charge in [0.1, 0.15) is 0 Å². The molecule has 0 bridgehead atoms. The van der Waals surface area contributed by atoms with Crippen molar-refractivity contribution in [1.82, 2.24) is 0 Å². The Bertz CT molecular complexity index is 417. The Kier molecular flexibility index (Phi) is 3.66. The van der Waals surface area contributed by atoms with E-state index in [1.54, 1.807) is 0 Å². The lowest BCUT2D eigenvalue weighted by Gasteiger charge is -2.12. The van der Waals surface area contributed by atoms with Crippen LogP contribution in [0.4, 0.5) is 4.39 Å². The molecule has 1 atom stereocenters. The molecule has 0 fully saturated rings. The second kappa shape index (κ2) is 4.60. The number of benzene rings is 1. The summed E-state index contributed by atoms with van der Waals surface area (Å²) in [6.07, 6.45) is 1.25. The summed E-state index contributed by atoms with van der Waals surface area (Å²) in [6, 6.07) is 4.34. The fourth-order valence-electron chi connectivity index (χ4n) is 0.974. The lowest BCUT2D eigenvalue weighted by Crippen LogP contribution is -1.97. The second-order valence-electron chi connectivity index (χ2n) is 2.91. The summed E-state index contributed by atoms with van der Waals surface area (Å²) < 4.78 is 29.5. The van der Waals surface area contributed by atoms with E-state index < -0.39 is 13.4 Å². The molecule has 1 unspecified atom stereocenters. The molecule has 0 amide bonds. The van der Waals surface area contributed by atoms with E-state index in [0.29, 0.717) is 0 Å². The van der Waals surface area contributed by atoms with Crippen LogP contribution in [0.15, 0.2) is 24.8 Å². The molecule has 1 N–H and O–H groups in total. The summed E-state index contributed by atoms with van der Waals surface area (Å²) in [5.41, 5.74) is 0.239. The Balaban J connectivity index is 3.06. The van der Waals surface area contributed by atoms with Gasteiger partial charge in [-0.15, -0.1) is 0 Å². The number of halogens is 1. The van der Waals surface area contributed by atoms with E-state index in [-0.39, 0.29) is 17.5 Å². The van der Waals surface area contributed by atoms with Crippen LogP contribution in [-0.2, 0) is 4.57 Å². The van der Waals surface area contributed by atoms with Crippen LogP contribution in [0.3, 0.4) is 0 Å². The summed E-state index contributed by atoms with van der Waals surface area (Å²) >= 11 is 0. The van der Waals surface area contributed by atoms with E-state index in [9.17, 15) is 13.8 Å². The molecular weight excluding hydrogens is 218 g/mol. The maximum atomic E-state index is 13.5. The molecule has 0 saturated heterocycles. The van der Waals surface area contributed by atoms with Gasteiger partial charge in [-0.05, 0) is 6.07 Å². The van der Waals surface area contributed by atoms with Crippen molar-refractivity contribution in [3.8, 4) is 5.75 Å². The third-order valence-electron chi connectivity index (χ3n) is 1.85. The zero-order valence-electron chi connectivity index (χ0n) is 8.31. The fraction of sp³-hybridized carbons (Fsp3) is 0.200. The minimum absolute atomic E-state index is 0.0647. The van der Waals surface area contributed by atoms with Crippen LogP contribution in [-0.4, -0.2) is 11.1 Å². The van der Waals surface area contributed by atoms with Gasteiger partial charge in [0, 0.05) is 5.56 Å². The molecule has 0 saturated carbocycles. The molecule has 0 aliphatic rings. The van der Waals surface area contributed by atoms with Gasteiger partial charge in [0.05, 0.1) is 6.16 Å². The van der Waals surface area contributed by atoms with E-state index in [1.165, 1.54) is 31.2 Å². The molecule has 5 heteroatoms. The number of rotatable bonds is 4. The lowest BCUT2D eigenvalue weighted by atomic mass is 10.2. The second-order valence-corrected chi connectivity index (χ2v) is 5.00. The summed E-state index contributed by atoms with van der Waals surface area (Å²) in [5.74, 6) is -0.893. The first-order valence-corrected chi connectivity index (χ1v) is 6.19. The molecule has 0 radical (unpaired) electrons. The zero-order chi connectivity index (χ0) is 11.5. The maximum Gasteiger partial charge on any atom is 0.376 e. The van der Waals surface area contributed by atoms with Crippen LogP contribution in [0.25, 0.3) is 6.08 Å². The molecule has 0 heterocycles. The molecule has 1 aromatic carbocycles. The van der Waals surface area contributed by atoms with E-state index in [2.05, 4.69) is 6.58 Å². The molecule has 1 rings (SSSR count). The highest BCUT2D eigenvalue weighted by molar-refractivity contribution is 7.53. The third kappa shape index (κ3) is 2.91. The predicted molar refractivity (Wildman–Crippen MR) is 57.5 cm³/mol. The van der Waals surface area contributed by atoms with Crippen molar-refractivity contribution in [2.75, 3.05) is 6.16 Å². The topological polar surface area (TPSA) is 46.5 Å². The molecule has 82 valence electrons. The quantitative estimate of drug-likeness (QED) is 0.808. The van der Waals surface area contributed by atoms with E-state index in [4.69, 9.17) is 4.52 Å².